The molecule has 0 unspecified atom stereocenters. The maximum Gasteiger partial charge on any atom is 0.306 e. The van der Waals surface area contributed by atoms with Gasteiger partial charge < -0.3 is 38.1 Å². The number of carbonyl (C=O) groups excluding carboxylic acids is 4. The molecule has 12 nitrogen and oxygen atoms in total. The van der Waals surface area contributed by atoms with E-state index < -0.39 is 5.97 Å². The minimum absolute atomic E-state index is 0.0221. The minimum atomic E-state index is -0.394. The van der Waals surface area contributed by atoms with Gasteiger partial charge in [-0.1, -0.05) is 0 Å². The lowest BCUT2D eigenvalue weighted by Gasteiger charge is -2.14. The summed E-state index contributed by atoms with van der Waals surface area (Å²) in [6.45, 7) is 5.57. The van der Waals surface area contributed by atoms with Gasteiger partial charge in [-0.2, -0.15) is 0 Å². The van der Waals surface area contributed by atoms with Crippen molar-refractivity contribution >= 4 is 45.1 Å². The van der Waals surface area contributed by atoms with E-state index in [1.807, 2.05) is 24.3 Å². The molecule has 1 aliphatic rings. The third kappa shape index (κ3) is 9.82. The van der Waals surface area contributed by atoms with Crippen LogP contribution in [0.25, 0.3) is 10.1 Å². The van der Waals surface area contributed by atoms with E-state index in [9.17, 15) is 19.2 Å². The molecule has 2 heterocycles. The van der Waals surface area contributed by atoms with E-state index >= 15 is 0 Å². The van der Waals surface area contributed by atoms with Gasteiger partial charge in [0.1, 0.15) is 0 Å². The Morgan fingerprint density at radius 3 is 1.94 bits per heavy atom. The fourth-order valence-corrected chi connectivity index (χ4v) is 6.02. The summed E-state index contributed by atoms with van der Waals surface area (Å²) in [6, 6.07) is 9.20. The average Bonchev–Trinajstić information content (AvgIpc) is 3.68. The van der Waals surface area contributed by atoms with Crippen molar-refractivity contribution in [2.75, 3.05) is 47.4 Å². The van der Waals surface area contributed by atoms with Crippen LogP contribution >= 0.6 is 11.3 Å². The molecule has 0 aliphatic carbocycles. The topological polar surface area (TPSA) is 136 Å². The van der Waals surface area contributed by atoms with Crippen molar-refractivity contribution in [1.29, 1.82) is 0 Å². The van der Waals surface area contributed by atoms with Gasteiger partial charge in [0.05, 0.1) is 51.3 Å². The molecular formula is C34H41NO11S. The summed E-state index contributed by atoms with van der Waals surface area (Å²) in [5.74, 6) is 1.10. The molecule has 0 fully saturated rings. The lowest BCUT2D eigenvalue weighted by atomic mass is 10.1. The van der Waals surface area contributed by atoms with Crippen molar-refractivity contribution in [2.45, 2.75) is 59.0 Å². The molecular weight excluding hydrogens is 630 g/mol. The monoisotopic (exact) mass is 671 g/mol. The molecule has 47 heavy (non-hydrogen) atoms. The van der Waals surface area contributed by atoms with Crippen LogP contribution in [0.3, 0.4) is 0 Å². The van der Waals surface area contributed by atoms with E-state index in [1.165, 1.54) is 18.4 Å². The number of methoxy groups -OCH3 is 2. The third-order valence-corrected chi connectivity index (χ3v) is 8.40. The second-order valence-corrected chi connectivity index (χ2v) is 11.7. The molecule has 1 aromatic heterocycles. The smallest absolute Gasteiger partial charge is 0.306 e. The van der Waals surface area contributed by atoms with Gasteiger partial charge in [0, 0.05) is 50.2 Å². The molecule has 254 valence electrons. The number of esters is 2. The summed E-state index contributed by atoms with van der Waals surface area (Å²) in [5.41, 5.74) is 1.93. The fourth-order valence-electron chi connectivity index (χ4n) is 4.98. The highest BCUT2D eigenvalue weighted by Gasteiger charge is 2.26. The molecule has 1 amide bonds. The molecule has 0 N–H and O–H groups in total. The van der Waals surface area contributed by atoms with Gasteiger partial charge in [-0.3, -0.25) is 19.2 Å². The van der Waals surface area contributed by atoms with Crippen LogP contribution in [0.2, 0.25) is 0 Å². The predicted molar refractivity (Wildman–Crippen MR) is 173 cm³/mol. The lowest BCUT2D eigenvalue weighted by Crippen LogP contribution is -2.25. The van der Waals surface area contributed by atoms with Crippen LogP contribution in [-0.2, 0) is 41.7 Å². The molecule has 0 spiro atoms. The van der Waals surface area contributed by atoms with Crippen LogP contribution in [0.5, 0.6) is 23.0 Å². The van der Waals surface area contributed by atoms with Gasteiger partial charge in [-0.25, -0.2) is 0 Å². The number of rotatable bonds is 19. The number of nitrogens with zero attached hydrogens (tertiary/aromatic N) is 1. The van der Waals surface area contributed by atoms with Crippen molar-refractivity contribution in [1.82, 2.24) is 4.90 Å². The number of hydrogen-bond donors (Lipinski definition) is 0. The first kappa shape index (κ1) is 35.5. The number of hydrogen-bond acceptors (Lipinski definition) is 12. The number of thiophene rings is 1. The van der Waals surface area contributed by atoms with Gasteiger partial charge in [-0.15, -0.1) is 11.3 Å². The van der Waals surface area contributed by atoms with Crippen molar-refractivity contribution in [3.05, 3.63) is 46.3 Å². The maximum absolute atomic E-state index is 12.7. The van der Waals surface area contributed by atoms with Crippen molar-refractivity contribution in [3.8, 4) is 23.0 Å². The van der Waals surface area contributed by atoms with Crippen molar-refractivity contribution < 1.29 is 52.3 Å². The largest absolute Gasteiger partial charge is 0.493 e. The van der Waals surface area contributed by atoms with Gasteiger partial charge in [0.2, 0.25) is 5.91 Å². The quantitative estimate of drug-likeness (QED) is 0.0696. The highest BCUT2D eigenvalue weighted by Crippen LogP contribution is 2.38. The Morgan fingerprint density at radius 2 is 1.32 bits per heavy atom. The lowest BCUT2D eigenvalue weighted by molar-refractivity contribution is -0.145. The molecule has 13 heteroatoms. The summed E-state index contributed by atoms with van der Waals surface area (Å²) in [6.07, 6.45) is 0.806. The average molecular weight is 672 g/mol. The van der Waals surface area contributed by atoms with Crippen molar-refractivity contribution in [2.24, 2.45) is 0 Å². The number of amides is 1. The second-order valence-electron chi connectivity index (χ2n) is 10.6. The summed E-state index contributed by atoms with van der Waals surface area (Å²) >= 11 is 1.32. The van der Waals surface area contributed by atoms with Crippen LogP contribution < -0.4 is 18.9 Å². The van der Waals surface area contributed by atoms with Gasteiger partial charge in [0.15, 0.2) is 35.6 Å². The van der Waals surface area contributed by atoms with E-state index in [0.29, 0.717) is 60.6 Å². The summed E-state index contributed by atoms with van der Waals surface area (Å²) < 4.78 is 39.2. The van der Waals surface area contributed by atoms with Crippen LogP contribution in [0.1, 0.15) is 66.8 Å². The highest BCUT2D eigenvalue weighted by atomic mass is 32.1. The molecule has 0 saturated heterocycles. The molecule has 3 aromatic rings. The SMILES string of the molecule is CCOC(=O)CCC(=O)c1cc2cc(OCCCOc3cc4c(cc3OC)CN(C(=O)CCC(=O)OCC)C4)c(OCOC)cc2s1. The van der Waals surface area contributed by atoms with Crippen LogP contribution in [-0.4, -0.2) is 76.0 Å². The number of benzene rings is 2. The summed E-state index contributed by atoms with van der Waals surface area (Å²) in [7, 11) is 3.09. The number of ether oxygens (including phenoxy) is 7. The van der Waals surface area contributed by atoms with Gasteiger partial charge in [0.25, 0.3) is 0 Å². The van der Waals surface area contributed by atoms with Gasteiger partial charge in [-0.05, 0) is 54.6 Å². The number of ketones is 1. The predicted octanol–water partition coefficient (Wildman–Crippen LogP) is 5.45. The van der Waals surface area contributed by atoms with Crippen molar-refractivity contribution in [3.63, 3.8) is 0 Å². The third-order valence-electron chi connectivity index (χ3n) is 7.26. The normalized spacial score (nSPS) is 12.0. The Morgan fingerprint density at radius 1 is 0.723 bits per heavy atom. The number of fused-ring (bicyclic) bond motifs is 2. The molecule has 0 saturated carbocycles. The van der Waals surface area contributed by atoms with Crippen LogP contribution in [0.4, 0.5) is 0 Å². The van der Waals surface area contributed by atoms with E-state index in [2.05, 4.69) is 0 Å². The van der Waals surface area contributed by atoms with E-state index in [4.69, 9.17) is 33.2 Å². The first-order chi connectivity index (χ1) is 22.8. The molecule has 0 radical (unpaired) electrons. The summed E-state index contributed by atoms with van der Waals surface area (Å²) in [5, 5.41) is 0.821. The Balaban J connectivity index is 1.33. The first-order valence-electron chi connectivity index (χ1n) is 15.5. The Kier molecular flexibility index (Phi) is 13.2. The zero-order chi connectivity index (χ0) is 33.8. The highest BCUT2D eigenvalue weighted by molar-refractivity contribution is 7.20. The second kappa shape index (κ2) is 17.5. The Labute approximate surface area is 277 Å². The van der Waals surface area contributed by atoms with E-state index in [-0.39, 0.29) is 63.3 Å². The number of carbonyl (C=O) groups is 4. The molecule has 0 bridgehead atoms. The Bertz CT molecular complexity index is 1570. The maximum atomic E-state index is 12.7. The zero-order valence-corrected chi connectivity index (χ0v) is 28.0. The molecule has 0 atom stereocenters. The fraction of sp³-hybridized carbons (Fsp3) is 0.471. The van der Waals surface area contributed by atoms with Gasteiger partial charge >= 0.3 is 11.9 Å². The Hall–Kier alpha value is -4.36. The summed E-state index contributed by atoms with van der Waals surface area (Å²) in [4.78, 5) is 51.0. The zero-order valence-electron chi connectivity index (χ0n) is 27.2. The molecule has 1 aliphatic heterocycles. The van der Waals surface area contributed by atoms with E-state index in [1.54, 1.807) is 31.9 Å². The molecule has 2 aromatic carbocycles. The van der Waals surface area contributed by atoms with Crippen LogP contribution in [0, 0.1) is 0 Å². The van der Waals surface area contributed by atoms with E-state index in [0.717, 1.165) is 21.2 Å². The number of Topliss-reactive ketones (excluding diaryl/α,β-unsaturated/α-hetero) is 1. The standard InChI is InChI=1S/C34H41NO11S/c1-5-42-33(38)10-8-25(36)31-17-22-14-28(29(46-21-40-3)18-30(22)47-31)45-13-7-12-44-27-16-24-20-35(19-23(24)15-26(27)41-4)32(37)9-11-34(39)43-6-2/h14-18H,5-13,19-21H2,1-4H3. The first-order valence-corrected chi connectivity index (χ1v) is 16.3. The minimum Gasteiger partial charge on any atom is -0.493 e. The molecule has 4 rings (SSSR count). The van der Waals surface area contributed by atoms with Crippen LogP contribution in [0.15, 0.2) is 30.3 Å².